The highest BCUT2D eigenvalue weighted by atomic mass is 16.5. The minimum absolute atomic E-state index is 0.0146. The van der Waals surface area contributed by atoms with E-state index in [1.54, 1.807) is 0 Å². The molecule has 4 rings (SSSR count). The number of amides is 2. The molecule has 0 heterocycles. The highest BCUT2D eigenvalue weighted by molar-refractivity contribution is 5.86. The van der Waals surface area contributed by atoms with Crippen molar-refractivity contribution in [2.75, 3.05) is 6.61 Å². The Kier molecular flexibility index (Phi) is 6.40. The van der Waals surface area contributed by atoms with Crippen molar-refractivity contribution in [3.63, 3.8) is 0 Å². The number of carboxylic acid groups (broad SMARTS) is 1. The quantitative estimate of drug-likeness (QED) is 0.590. The number of hydrogen-bond acceptors (Lipinski definition) is 4. The van der Waals surface area contributed by atoms with E-state index in [1.165, 1.54) is 36.1 Å². The molecule has 1 fully saturated rings. The van der Waals surface area contributed by atoms with E-state index in [4.69, 9.17) is 9.84 Å². The number of fused-ring (bicyclic) bond motifs is 3. The molecule has 0 saturated heterocycles. The van der Waals surface area contributed by atoms with Gasteiger partial charge in [-0.05, 0) is 61.3 Å². The zero-order valence-electron chi connectivity index (χ0n) is 19.0. The summed E-state index contributed by atoms with van der Waals surface area (Å²) in [6.07, 6.45) is 2.05. The molecule has 0 aromatic heterocycles. The van der Waals surface area contributed by atoms with Crippen LogP contribution in [0.25, 0.3) is 11.1 Å². The third kappa shape index (κ3) is 5.02. The van der Waals surface area contributed by atoms with Gasteiger partial charge in [-0.1, -0.05) is 48.5 Å². The van der Waals surface area contributed by atoms with Crippen molar-refractivity contribution >= 4 is 18.0 Å². The maximum Gasteiger partial charge on any atom is 0.407 e. The molecule has 0 spiro atoms. The van der Waals surface area contributed by atoms with Crippen LogP contribution in [0.3, 0.4) is 0 Å². The second-order valence-electron chi connectivity index (χ2n) is 9.53. The number of carboxylic acids is 1. The van der Waals surface area contributed by atoms with Crippen LogP contribution in [0.15, 0.2) is 48.5 Å². The van der Waals surface area contributed by atoms with E-state index in [0.717, 1.165) is 12.8 Å². The summed E-state index contributed by atoms with van der Waals surface area (Å²) in [6, 6.07) is 16.4. The highest BCUT2D eigenvalue weighted by Crippen LogP contribution is 2.44. The molecule has 0 radical (unpaired) electrons. The summed E-state index contributed by atoms with van der Waals surface area (Å²) in [5.74, 6) is -1.24. The van der Waals surface area contributed by atoms with Crippen LogP contribution in [0, 0.1) is 5.92 Å². The van der Waals surface area contributed by atoms with E-state index in [0.29, 0.717) is 6.42 Å². The van der Waals surface area contributed by atoms with Gasteiger partial charge >= 0.3 is 12.1 Å². The Morgan fingerprint density at radius 1 is 1.00 bits per heavy atom. The lowest BCUT2D eigenvalue weighted by Crippen LogP contribution is -2.50. The number of carbonyl (C=O) groups is 3. The van der Waals surface area contributed by atoms with Crippen LogP contribution < -0.4 is 10.6 Å². The molecule has 1 saturated carbocycles. The Labute approximate surface area is 193 Å². The van der Waals surface area contributed by atoms with Crippen molar-refractivity contribution in [2.45, 2.75) is 57.0 Å². The van der Waals surface area contributed by atoms with Crippen LogP contribution in [0.5, 0.6) is 0 Å². The Bertz CT molecular complexity index is 1020. The van der Waals surface area contributed by atoms with Gasteiger partial charge in [0.05, 0.1) is 0 Å². The molecule has 0 bridgehead atoms. The van der Waals surface area contributed by atoms with Gasteiger partial charge in [-0.15, -0.1) is 0 Å². The van der Waals surface area contributed by atoms with Crippen LogP contribution in [0.2, 0.25) is 0 Å². The zero-order valence-corrected chi connectivity index (χ0v) is 19.0. The fourth-order valence-electron chi connectivity index (χ4n) is 4.91. The fraction of sp³-hybridized carbons (Fsp3) is 0.423. The van der Waals surface area contributed by atoms with E-state index in [-0.39, 0.29) is 36.8 Å². The van der Waals surface area contributed by atoms with Gasteiger partial charge in [0.25, 0.3) is 0 Å². The predicted molar refractivity (Wildman–Crippen MR) is 124 cm³/mol. The summed E-state index contributed by atoms with van der Waals surface area (Å²) < 4.78 is 5.62. The third-order valence-electron chi connectivity index (χ3n) is 6.67. The molecule has 2 aliphatic rings. The zero-order chi connectivity index (χ0) is 23.6. The number of nitrogens with one attached hydrogen (secondary N) is 2. The largest absolute Gasteiger partial charge is 0.480 e. The maximum atomic E-state index is 12.5. The monoisotopic (exact) mass is 450 g/mol. The minimum Gasteiger partial charge on any atom is -0.480 e. The van der Waals surface area contributed by atoms with Crippen molar-refractivity contribution < 1.29 is 24.2 Å². The molecule has 33 heavy (non-hydrogen) atoms. The van der Waals surface area contributed by atoms with E-state index in [1.807, 2.05) is 24.3 Å². The van der Waals surface area contributed by atoms with Crippen molar-refractivity contribution in [2.24, 2.45) is 5.92 Å². The van der Waals surface area contributed by atoms with E-state index < -0.39 is 17.6 Å². The van der Waals surface area contributed by atoms with Gasteiger partial charge in [-0.3, -0.25) is 4.79 Å². The summed E-state index contributed by atoms with van der Waals surface area (Å²) in [6.45, 7) is 3.19. The molecule has 7 heteroatoms. The summed E-state index contributed by atoms with van der Waals surface area (Å²) in [4.78, 5) is 35.9. The average molecular weight is 451 g/mol. The lowest BCUT2D eigenvalue weighted by atomic mass is 9.98. The number of aliphatic carboxylic acids is 1. The molecule has 3 N–H and O–H groups in total. The summed E-state index contributed by atoms with van der Waals surface area (Å²) in [7, 11) is 0. The first-order valence-electron chi connectivity index (χ1n) is 11.4. The van der Waals surface area contributed by atoms with Crippen LogP contribution in [0.4, 0.5) is 4.79 Å². The molecule has 0 aliphatic heterocycles. The highest BCUT2D eigenvalue weighted by Gasteiger charge is 2.33. The molecule has 2 amide bonds. The maximum absolute atomic E-state index is 12.5. The number of benzene rings is 2. The smallest absolute Gasteiger partial charge is 0.407 e. The Morgan fingerprint density at radius 2 is 1.61 bits per heavy atom. The summed E-state index contributed by atoms with van der Waals surface area (Å²) >= 11 is 0. The Hall–Kier alpha value is -3.35. The second kappa shape index (κ2) is 9.25. The van der Waals surface area contributed by atoms with Crippen molar-refractivity contribution in [1.82, 2.24) is 10.6 Å². The molecule has 2 atom stereocenters. The van der Waals surface area contributed by atoms with Crippen LogP contribution in [-0.4, -0.2) is 41.3 Å². The molecular formula is C26H30N2O5. The summed E-state index contributed by atoms with van der Waals surface area (Å²) in [5, 5.41) is 14.6. The number of ether oxygens (including phenoxy) is 1. The van der Waals surface area contributed by atoms with Crippen molar-refractivity contribution in [3.05, 3.63) is 59.7 Å². The van der Waals surface area contributed by atoms with Gasteiger partial charge in [-0.25, -0.2) is 9.59 Å². The lowest BCUT2D eigenvalue weighted by molar-refractivity contribution is -0.146. The molecule has 2 aromatic carbocycles. The number of carbonyl (C=O) groups excluding carboxylic acids is 2. The molecule has 2 aromatic rings. The standard InChI is InChI=1S/C26H30N2O5/c1-26(2,24(30)31)28-23(29)14-16-11-12-17(13-16)27-25(32)33-15-22-20-9-5-3-7-18(20)19-8-4-6-10-21(19)22/h3-10,16-17,22H,11-15H2,1-2H3,(H,27,32)(H,28,29)(H,30,31). The first kappa shape index (κ1) is 22.8. The minimum atomic E-state index is -1.30. The van der Waals surface area contributed by atoms with E-state index in [9.17, 15) is 14.4 Å². The predicted octanol–water partition coefficient (Wildman–Crippen LogP) is 4.06. The van der Waals surface area contributed by atoms with Gasteiger partial charge in [0, 0.05) is 18.4 Å². The van der Waals surface area contributed by atoms with Crippen LogP contribution >= 0.6 is 0 Å². The third-order valence-corrected chi connectivity index (χ3v) is 6.67. The average Bonchev–Trinajstić information content (AvgIpc) is 3.33. The Balaban J connectivity index is 1.27. The van der Waals surface area contributed by atoms with Gasteiger partial charge in [0.1, 0.15) is 12.1 Å². The van der Waals surface area contributed by atoms with Gasteiger partial charge in [-0.2, -0.15) is 0 Å². The van der Waals surface area contributed by atoms with E-state index >= 15 is 0 Å². The SMILES string of the molecule is CC(C)(NC(=O)CC1CCC(NC(=O)OCC2c3ccccc3-c3ccccc32)C1)C(=O)O. The second-order valence-corrected chi connectivity index (χ2v) is 9.53. The topological polar surface area (TPSA) is 105 Å². The van der Waals surface area contributed by atoms with Crippen molar-refractivity contribution in [1.29, 1.82) is 0 Å². The van der Waals surface area contributed by atoms with Crippen LogP contribution in [-0.2, 0) is 14.3 Å². The molecular weight excluding hydrogens is 420 g/mol. The van der Waals surface area contributed by atoms with Crippen LogP contribution in [0.1, 0.15) is 56.6 Å². The fourth-order valence-corrected chi connectivity index (χ4v) is 4.91. The van der Waals surface area contributed by atoms with Crippen molar-refractivity contribution in [3.8, 4) is 11.1 Å². The normalized spacial score (nSPS) is 19.5. The number of hydrogen-bond donors (Lipinski definition) is 3. The molecule has 174 valence electrons. The number of rotatable bonds is 7. The summed E-state index contributed by atoms with van der Waals surface area (Å²) in [5.41, 5.74) is 3.41. The first-order valence-corrected chi connectivity index (χ1v) is 11.4. The number of alkyl carbamates (subject to hydrolysis) is 1. The lowest BCUT2D eigenvalue weighted by Gasteiger charge is -2.22. The molecule has 2 aliphatic carbocycles. The first-order chi connectivity index (χ1) is 15.7. The molecule has 2 unspecified atom stereocenters. The van der Waals surface area contributed by atoms with Gasteiger partial charge < -0.3 is 20.5 Å². The molecule has 7 nitrogen and oxygen atoms in total. The van der Waals surface area contributed by atoms with E-state index in [2.05, 4.69) is 34.9 Å². The van der Waals surface area contributed by atoms with Gasteiger partial charge in [0.15, 0.2) is 0 Å². The Morgan fingerprint density at radius 3 is 2.21 bits per heavy atom. The van der Waals surface area contributed by atoms with Gasteiger partial charge in [0.2, 0.25) is 5.91 Å².